The number of ether oxygens (including phenoxy) is 3. The molecule has 2 aromatic rings. The highest BCUT2D eigenvalue weighted by molar-refractivity contribution is 6.01. The van der Waals surface area contributed by atoms with Gasteiger partial charge in [-0.3, -0.25) is 4.99 Å². The molecule has 0 unspecified atom stereocenters. The van der Waals surface area contributed by atoms with Gasteiger partial charge in [0.25, 0.3) is 0 Å². The average Bonchev–Trinajstić information content (AvgIpc) is 3.10. The van der Waals surface area contributed by atoms with E-state index < -0.39 is 5.97 Å². The normalized spacial score (nSPS) is 12.2. The summed E-state index contributed by atoms with van der Waals surface area (Å²) in [7, 11) is 3.08. The van der Waals surface area contributed by atoms with Crippen molar-refractivity contribution in [2.24, 2.45) is 4.99 Å². The van der Waals surface area contributed by atoms with Crippen LogP contribution in [0.2, 0.25) is 0 Å². The van der Waals surface area contributed by atoms with Crippen LogP contribution in [0.25, 0.3) is 0 Å². The number of rotatable bonds is 7. The van der Waals surface area contributed by atoms with E-state index in [1.54, 1.807) is 32.4 Å². The van der Waals surface area contributed by atoms with Gasteiger partial charge in [-0.25, -0.2) is 4.79 Å². The van der Waals surface area contributed by atoms with Crippen LogP contribution in [0.5, 0.6) is 11.5 Å². The summed E-state index contributed by atoms with van der Waals surface area (Å²) < 4.78 is 15.7. The standard InChI is InChI=1S/C20H22N2O4/c1-24-16-10-15(11-17(12-16)25-2)20(23)26-9-5-8-21-19-18-7-4-3-6-14(18)13-22-19/h3-4,6-7,10-12H,5,8-9,13H2,1-2H3,(H,21,22). The van der Waals surface area contributed by atoms with Crippen LogP contribution < -0.4 is 14.8 Å². The average molecular weight is 354 g/mol. The molecule has 0 aromatic heterocycles. The Morgan fingerprint density at radius 2 is 1.85 bits per heavy atom. The fourth-order valence-corrected chi connectivity index (χ4v) is 2.74. The minimum absolute atomic E-state index is 0.320. The molecular weight excluding hydrogens is 332 g/mol. The Kier molecular flexibility index (Phi) is 5.73. The van der Waals surface area contributed by atoms with Gasteiger partial charge in [0.2, 0.25) is 0 Å². The summed E-state index contributed by atoms with van der Waals surface area (Å²) in [4.78, 5) is 16.7. The van der Waals surface area contributed by atoms with Crippen molar-refractivity contribution in [2.45, 2.75) is 13.0 Å². The second-order valence-electron chi connectivity index (χ2n) is 5.84. The van der Waals surface area contributed by atoms with E-state index in [9.17, 15) is 4.79 Å². The Hall–Kier alpha value is -3.02. The molecule has 0 amide bonds. The second kappa shape index (κ2) is 8.38. The number of aliphatic imine (C=N–C) groups is 1. The van der Waals surface area contributed by atoms with Gasteiger partial charge in [-0.2, -0.15) is 0 Å². The second-order valence-corrected chi connectivity index (χ2v) is 5.84. The van der Waals surface area contributed by atoms with E-state index in [1.807, 2.05) is 12.1 Å². The van der Waals surface area contributed by atoms with Gasteiger partial charge in [-0.15, -0.1) is 0 Å². The van der Waals surface area contributed by atoms with Crippen molar-refractivity contribution < 1.29 is 19.0 Å². The molecule has 0 saturated carbocycles. The molecule has 6 heteroatoms. The van der Waals surface area contributed by atoms with Crippen LogP contribution in [-0.2, 0) is 11.3 Å². The quantitative estimate of drug-likeness (QED) is 0.612. The molecule has 0 radical (unpaired) electrons. The van der Waals surface area contributed by atoms with Crippen LogP contribution >= 0.6 is 0 Å². The third-order valence-electron chi connectivity index (χ3n) is 4.11. The maximum Gasteiger partial charge on any atom is 0.338 e. The van der Waals surface area contributed by atoms with Crippen molar-refractivity contribution >= 4 is 11.8 Å². The van der Waals surface area contributed by atoms with Crippen LogP contribution in [0.15, 0.2) is 47.5 Å². The number of carbonyl (C=O) groups excluding carboxylic acids is 1. The zero-order valence-corrected chi connectivity index (χ0v) is 15.0. The maximum absolute atomic E-state index is 12.2. The number of methoxy groups -OCH3 is 2. The van der Waals surface area contributed by atoms with Gasteiger partial charge in [0.1, 0.15) is 17.3 Å². The number of hydrogen-bond donors (Lipinski definition) is 1. The minimum Gasteiger partial charge on any atom is -0.497 e. The Balaban J connectivity index is 1.45. The van der Waals surface area contributed by atoms with Crippen LogP contribution in [0, 0.1) is 0 Å². The van der Waals surface area contributed by atoms with Crippen molar-refractivity contribution in [1.29, 1.82) is 0 Å². The van der Waals surface area contributed by atoms with Gasteiger partial charge in [-0.05, 0) is 24.1 Å². The molecule has 6 nitrogen and oxygen atoms in total. The molecule has 0 aliphatic carbocycles. The van der Waals surface area contributed by atoms with Crippen molar-refractivity contribution in [1.82, 2.24) is 5.32 Å². The van der Waals surface area contributed by atoms with Gasteiger partial charge in [0.15, 0.2) is 0 Å². The van der Waals surface area contributed by atoms with Gasteiger partial charge in [-0.1, -0.05) is 24.3 Å². The first kappa shape index (κ1) is 17.8. The van der Waals surface area contributed by atoms with E-state index in [1.165, 1.54) is 5.56 Å². The highest BCUT2D eigenvalue weighted by Gasteiger charge is 2.14. The Bertz CT molecular complexity index is 795. The van der Waals surface area contributed by atoms with E-state index in [4.69, 9.17) is 14.2 Å². The van der Waals surface area contributed by atoms with Crippen molar-refractivity contribution in [3.8, 4) is 11.5 Å². The lowest BCUT2D eigenvalue weighted by Gasteiger charge is -2.10. The molecule has 2 aromatic carbocycles. The first-order chi connectivity index (χ1) is 12.7. The number of benzene rings is 2. The Morgan fingerprint density at radius 3 is 2.58 bits per heavy atom. The molecule has 3 rings (SSSR count). The van der Waals surface area contributed by atoms with E-state index >= 15 is 0 Å². The first-order valence-corrected chi connectivity index (χ1v) is 8.48. The van der Waals surface area contributed by atoms with Gasteiger partial charge in [0.05, 0.1) is 32.9 Å². The summed E-state index contributed by atoms with van der Waals surface area (Å²) in [6, 6.07) is 13.1. The fraction of sp³-hybridized carbons (Fsp3) is 0.300. The molecule has 0 atom stereocenters. The van der Waals surface area contributed by atoms with Crippen molar-refractivity contribution in [2.75, 3.05) is 27.4 Å². The fourth-order valence-electron chi connectivity index (χ4n) is 2.74. The zero-order chi connectivity index (χ0) is 18.4. The van der Waals surface area contributed by atoms with E-state index in [2.05, 4.69) is 22.4 Å². The van der Waals surface area contributed by atoms with Crippen molar-refractivity contribution in [3.05, 3.63) is 59.2 Å². The SMILES string of the molecule is COc1cc(OC)cc(C(=O)OCCCNC2=NCc3ccccc32)c1. The molecule has 1 aliphatic rings. The number of fused-ring (bicyclic) bond motifs is 1. The lowest BCUT2D eigenvalue weighted by molar-refractivity contribution is 0.0501. The summed E-state index contributed by atoms with van der Waals surface area (Å²) in [6.07, 6.45) is 0.689. The van der Waals surface area contributed by atoms with Gasteiger partial charge < -0.3 is 19.5 Å². The van der Waals surface area contributed by atoms with E-state index in [0.717, 1.165) is 11.4 Å². The van der Waals surface area contributed by atoms with Crippen molar-refractivity contribution in [3.63, 3.8) is 0 Å². The van der Waals surface area contributed by atoms with E-state index in [0.29, 0.717) is 43.2 Å². The summed E-state index contributed by atoms with van der Waals surface area (Å²) in [5.41, 5.74) is 2.78. The monoisotopic (exact) mass is 354 g/mol. The van der Waals surface area contributed by atoms with Crippen LogP contribution in [-0.4, -0.2) is 39.2 Å². The number of hydrogen-bond acceptors (Lipinski definition) is 6. The largest absolute Gasteiger partial charge is 0.497 e. The predicted octanol–water partition coefficient (Wildman–Crippen LogP) is 2.80. The molecule has 0 fully saturated rings. The third-order valence-corrected chi connectivity index (χ3v) is 4.11. The topological polar surface area (TPSA) is 69.2 Å². The molecule has 0 bridgehead atoms. The van der Waals surface area contributed by atoms with E-state index in [-0.39, 0.29) is 0 Å². The molecule has 1 heterocycles. The molecule has 1 N–H and O–H groups in total. The number of nitrogens with one attached hydrogen (secondary N) is 1. The third kappa shape index (κ3) is 4.14. The molecule has 0 saturated heterocycles. The summed E-state index contributed by atoms with van der Waals surface area (Å²) >= 11 is 0. The van der Waals surface area contributed by atoms with Gasteiger partial charge >= 0.3 is 5.97 Å². The van der Waals surface area contributed by atoms with Crippen LogP contribution in [0.1, 0.15) is 27.9 Å². The number of amidine groups is 1. The minimum atomic E-state index is -0.397. The summed E-state index contributed by atoms with van der Waals surface area (Å²) in [6.45, 7) is 1.72. The van der Waals surface area contributed by atoms with Crippen LogP contribution in [0.3, 0.4) is 0 Å². The first-order valence-electron chi connectivity index (χ1n) is 8.48. The number of carbonyl (C=O) groups is 1. The highest BCUT2D eigenvalue weighted by Crippen LogP contribution is 2.23. The molecule has 26 heavy (non-hydrogen) atoms. The lowest BCUT2D eigenvalue weighted by atomic mass is 10.1. The predicted molar refractivity (Wildman–Crippen MR) is 99.1 cm³/mol. The number of esters is 1. The maximum atomic E-state index is 12.2. The van der Waals surface area contributed by atoms with Gasteiger partial charge in [0, 0.05) is 18.2 Å². The highest BCUT2D eigenvalue weighted by atomic mass is 16.5. The molecule has 1 aliphatic heterocycles. The Morgan fingerprint density at radius 1 is 1.12 bits per heavy atom. The lowest BCUT2D eigenvalue weighted by Crippen LogP contribution is -2.25. The molecule has 136 valence electrons. The molecule has 0 spiro atoms. The summed E-state index contributed by atoms with van der Waals surface area (Å²) in [5.74, 6) is 1.61. The number of nitrogens with zero attached hydrogens (tertiary/aromatic N) is 1. The van der Waals surface area contributed by atoms with Crippen LogP contribution in [0.4, 0.5) is 0 Å². The molecular formula is C20H22N2O4. The zero-order valence-electron chi connectivity index (χ0n) is 15.0. The Labute approximate surface area is 152 Å². The smallest absolute Gasteiger partial charge is 0.338 e. The summed E-state index contributed by atoms with van der Waals surface area (Å²) in [5, 5.41) is 3.31.